The van der Waals surface area contributed by atoms with Gasteiger partial charge >= 0.3 is 0 Å². The minimum absolute atomic E-state index is 0.155. The van der Waals surface area contributed by atoms with Crippen molar-refractivity contribution in [2.75, 3.05) is 5.32 Å². The zero-order chi connectivity index (χ0) is 24.8. The van der Waals surface area contributed by atoms with Crippen molar-refractivity contribution in [2.45, 2.75) is 14.7 Å². The molecule has 0 aliphatic carbocycles. The average Bonchev–Trinajstić information content (AvgIpc) is 2.72. The highest BCUT2D eigenvalue weighted by atomic mass is 32.2. The molecule has 0 aromatic heterocycles. The van der Waals surface area contributed by atoms with Gasteiger partial charge < -0.3 is 10.4 Å². The van der Waals surface area contributed by atoms with Gasteiger partial charge in [-0.1, -0.05) is 12.6 Å². The van der Waals surface area contributed by atoms with E-state index >= 15 is 0 Å². The van der Waals surface area contributed by atoms with Crippen LogP contribution in [0.25, 0.3) is 10.8 Å². The molecular formula is C19H15NO10S3. The Hall–Kier alpha value is -3.30. The number of sulfone groups is 1. The highest BCUT2D eigenvalue weighted by Crippen LogP contribution is 2.37. The third-order valence-corrected chi connectivity index (χ3v) is 7.48. The number of fused-ring (bicyclic) bond motifs is 1. The van der Waals surface area contributed by atoms with Crippen molar-refractivity contribution in [1.82, 2.24) is 0 Å². The average molecular weight is 514 g/mol. The summed E-state index contributed by atoms with van der Waals surface area (Å²) in [7, 11) is -13.5. The zero-order valence-electron chi connectivity index (χ0n) is 16.3. The SMILES string of the molecule is C=CS(=O)(=O)c1cccc(C(=O)Nc2cc(S(=O)(=O)O)cc3cc(S(=O)(=O)O)cc(O)c23)c1. The molecule has 0 atom stereocenters. The van der Waals surface area contributed by atoms with E-state index in [0.29, 0.717) is 11.5 Å². The van der Waals surface area contributed by atoms with Crippen molar-refractivity contribution in [3.63, 3.8) is 0 Å². The number of phenolic OH excluding ortho intramolecular Hbond substituents is 1. The van der Waals surface area contributed by atoms with E-state index in [1.165, 1.54) is 18.2 Å². The number of aromatic hydroxyl groups is 1. The lowest BCUT2D eigenvalue weighted by Gasteiger charge is -2.13. The van der Waals surface area contributed by atoms with E-state index < -0.39 is 51.5 Å². The summed E-state index contributed by atoms with van der Waals surface area (Å²) < 4.78 is 88.9. The first-order valence-electron chi connectivity index (χ1n) is 8.68. The molecule has 14 heteroatoms. The maximum Gasteiger partial charge on any atom is 0.294 e. The molecule has 4 N–H and O–H groups in total. The van der Waals surface area contributed by atoms with Crippen molar-refractivity contribution in [2.24, 2.45) is 0 Å². The van der Waals surface area contributed by atoms with E-state index in [9.17, 15) is 44.3 Å². The van der Waals surface area contributed by atoms with Crippen molar-refractivity contribution in [3.05, 3.63) is 66.1 Å². The molecule has 0 saturated carbocycles. The largest absolute Gasteiger partial charge is 0.507 e. The van der Waals surface area contributed by atoms with Crippen LogP contribution in [0.5, 0.6) is 5.75 Å². The fourth-order valence-electron chi connectivity index (χ4n) is 2.94. The maximum atomic E-state index is 12.8. The second-order valence-electron chi connectivity index (χ2n) is 6.66. The van der Waals surface area contributed by atoms with Gasteiger partial charge in [-0.15, -0.1) is 0 Å². The molecule has 174 valence electrons. The first-order chi connectivity index (χ1) is 15.1. The molecule has 0 aliphatic rings. The molecular weight excluding hydrogens is 498 g/mol. The topological polar surface area (TPSA) is 192 Å². The Kier molecular flexibility index (Phi) is 6.08. The van der Waals surface area contributed by atoms with Crippen molar-refractivity contribution >= 4 is 52.4 Å². The van der Waals surface area contributed by atoms with Gasteiger partial charge in [-0.3, -0.25) is 13.9 Å². The van der Waals surface area contributed by atoms with Crippen LogP contribution in [0.1, 0.15) is 10.4 Å². The summed E-state index contributed by atoms with van der Waals surface area (Å²) in [4.78, 5) is 11.0. The second-order valence-corrected chi connectivity index (χ2v) is 11.4. The van der Waals surface area contributed by atoms with E-state index in [1.54, 1.807) is 0 Å². The van der Waals surface area contributed by atoms with Crippen LogP contribution in [0.4, 0.5) is 5.69 Å². The van der Waals surface area contributed by atoms with Gasteiger partial charge in [0.15, 0.2) is 9.84 Å². The van der Waals surface area contributed by atoms with Crippen LogP contribution in [0.3, 0.4) is 0 Å². The fourth-order valence-corrected chi connectivity index (χ4v) is 4.77. The predicted molar refractivity (Wildman–Crippen MR) is 117 cm³/mol. The van der Waals surface area contributed by atoms with E-state index in [1.807, 2.05) is 0 Å². The smallest absolute Gasteiger partial charge is 0.294 e. The van der Waals surface area contributed by atoms with Gasteiger partial charge in [-0.2, -0.15) is 16.8 Å². The lowest BCUT2D eigenvalue weighted by molar-refractivity contribution is 0.102. The number of rotatable bonds is 6. The molecule has 0 saturated heterocycles. The number of carbonyl (C=O) groups excluding carboxylic acids is 1. The molecule has 0 bridgehead atoms. The molecule has 3 aromatic carbocycles. The maximum absolute atomic E-state index is 12.8. The first-order valence-corrected chi connectivity index (χ1v) is 13.1. The van der Waals surface area contributed by atoms with E-state index in [2.05, 4.69) is 11.9 Å². The van der Waals surface area contributed by atoms with Crippen LogP contribution in [0.2, 0.25) is 0 Å². The molecule has 3 rings (SSSR count). The molecule has 0 heterocycles. The number of anilines is 1. The highest BCUT2D eigenvalue weighted by molar-refractivity contribution is 7.94. The van der Waals surface area contributed by atoms with Gasteiger partial charge in [0.05, 0.1) is 20.4 Å². The van der Waals surface area contributed by atoms with Gasteiger partial charge in [-0.05, 0) is 41.8 Å². The summed E-state index contributed by atoms with van der Waals surface area (Å²) in [6.07, 6.45) is 0. The lowest BCUT2D eigenvalue weighted by atomic mass is 10.1. The lowest BCUT2D eigenvalue weighted by Crippen LogP contribution is -2.14. The minimum atomic E-state index is -4.84. The van der Waals surface area contributed by atoms with Gasteiger partial charge in [0.1, 0.15) is 5.75 Å². The quantitative estimate of drug-likeness (QED) is 0.355. The molecule has 0 fully saturated rings. The molecule has 33 heavy (non-hydrogen) atoms. The molecule has 11 nitrogen and oxygen atoms in total. The van der Waals surface area contributed by atoms with Gasteiger partial charge in [0.2, 0.25) is 0 Å². The molecule has 3 aromatic rings. The Morgan fingerprint density at radius 2 is 1.42 bits per heavy atom. The van der Waals surface area contributed by atoms with Gasteiger partial charge in [0.25, 0.3) is 26.1 Å². The summed E-state index contributed by atoms with van der Waals surface area (Å²) >= 11 is 0. The van der Waals surface area contributed by atoms with E-state index in [-0.39, 0.29) is 26.9 Å². The van der Waals surface area contributed by atoms with Crippen LogP contribution < -0.4 is 5.32 Å². The van der Waals surface area contributed by atoms with E-state index in [0.717, 1.165) is 24.3 Å². The Morgan fingerprint density at radius 1 is 0.848 bits per heavy atom. The second kappa shape index (κ2) is 8.24. The van der Waals surface area contributed by atoms with Gasteiger partial charge in [0, 0.05) is 22.4 Å². The molecule has 0 aliphatic heterocycles. The summed E-state index contributed by atoms with van der Waals surface area (Å²) in [6, 6.07) is 7.96. The highest BCUT2D eigenvalue weighted by Gasteiger charge is 2.21. The Balaban J connectivity index is 2.21. The standard InChI is InChI=1S/C19H15NO10S3/c1-2-31(23,24)13-5-3-4-11(6-13)19(22)20-16-9-14(32(25,26)27)7-12-8-15(33(28,29)30)10-17(21)18(12)16/h2-10,21H,1H2,(H,20,22)(H,25,26,27)(H,28,29,30). The third-order valence-electron chi connectivity index (χ3n) is 4.46. The molecule has 0 spiro atoms. The number of hydrogen-bond acceptors (Lipinski definition) is 8. The Bertz CT molecular complexity index is 1640. The summed E-state index contributed by atoms with van der Waals surface area (Å²) in [6.45, 7) is 3.19. The normalized spacial score (nSPS) is 12.4. The molecule has 0 unspecified atom stereocenters. The number of amides is 1. The predicted octanol–water partition coefficient (Wildman–Crippen LogP) is 2.21. The minimum Gasteiger partial charge on any atom is -0.507 e. The van der Waals surface area contributed by atoms with Crippen LogP contribution in [-0.4, -0.2) is 45.4 Å². The van der Waals surface area contributed by atoms with Crippen molar-refractivity contribution in [1.29, 1.82) is 0 Å². The Morgan fingerprint density at radius 3 is 1.97 bits per heavy atom. The summed E-state index contributed by atoms with van der Waals surface area (Å²) in [5.74, 6) is -1.65. The number of carbonyl (C=O) groups is 1. The van der Waals surface area contributed by atoms with E-state index in [4.69, 9.17) is 0 Å². The monoisotopic (exact) mass is 513 g/mol. The number of hydrogen-bond donors (Lipinski definition) is 4. The Labute approximate surface area is 188 Å². The zero-order valence-corrected chi connectivity index (χ0v) is 18.8. The molecule has 1 amide bonds. The van der Waals surface area contributed by atoms with Gasteiger partial charge in [-0.25, -0.2) is 8.42 Å². The van der Waals surface area contributed by atoms with Crippen LogP contribution in [0.15, 0.2) is 75.2 Å². The molecule has 0 radical (unpaired) electrons. The van der Waals surface area contributed by atoms with Crippen LogP contribution >= 0.6 is 0 Å². The van der Waals surface area contributed by atoms with Crippen molar-refractivity contribution < 1.29 is 44.3 Å². The number of nitrogens with one attached hydrogen (secondary N) is 1. The third kappa shape index (κ3) is 5.04. The number of phenols is 1. The fraction of sp³-hybridized carbons (Fsp3) is 0. The number of benzene rings is 3. The summed E-state index contributed by atoms with van der Waals surface area (Å²) in [5, 5.41) is 12.9. The van der Waals surface area contributed by atoms with Crippen molar-refractivity contribution in [3.8, 4) is 5.75 Å². The van der Waals surface area contributed by atoms with Crippen LogP contribution in [0, 0.1) is 0 Å². The van der Waals surface area contributed by atoms with Crippen LogP contribution in [-0.2, 0) is 30.1 Å². The summed E-state index contributed by atoms with van der Waals surface area (Å²) in [5.41, 5.74) is -0.501. The first kappa shape index (κ1) is 24.3.